The average Bonchev–Trinajstić information content (AvgIpc) is 3.47. The maximum atomic E-state index is 12.5. The van der Waals surface area contributed by atoms with Crippen LogP contribution in [0, 0.1) is 0 Å². The summed E-state index contributed by atoms with van der Waals surface area (Å²) in [6.45, 7) is 3.75. The van der Waals surface area contributed by atoms with Crippen molar-refractivity contribution in [3.63, 3.8) is 0 Å². The number of hydrogen-bond acceptors (Lipinski definition) is 4. The van der Waals surface area contributed by atoms with Gasteiger partial charge in [-0.1, -0.05) is 29.8 Å². The van der Waals surface area contributed by atoms with Crippen molar-refractivity contribution in [1.29, 1.82) is 0 Å². The van der Waals surface area contributed by atoms with Crippen LogP contribution in [0.25, 0.3) is 23.0 Å². The van der Waals surface area contributed by atoms with Crippen LogP contribution in [0.2, 0.25) is 5.02 Å². The minimum Gasteiger partial charge on any atom is -0.465 e. The smallest absolute Gasteiger partial charge is 0.246 e. The second kappa shape index (κ2) is 9.02. The van der Waals surface area contributed by atoms with E-state index in [2.05, 4.69) is 15.5 Å². The summed E-state index contributed by atoms with van der Waals surface area (Å²) >= 11 is 6.09. The maximum Gasteiger partial charge on any atom is 0.246 e. The van der Waals surface area contributed by atoms with Gasteiger partial charge in [-0.05, 0) is 42.5 Å². The Morgan fingerprint density at radius 3 is 2.59 bits per heavy atom. The van der Waals surface area contributed by atoms with E-state index in [1.807, 2.05) is 53.4 Å². The Morgan fingerprint density at radius 2 is 1.84 bits per heavy atom. The summed E-state index contributed by atoms with van der Waals surface area (Å²) in [7, 11) is 0. The molecule has 32 heavy (non-hydrogen) atoms. The van der Waals surface area contributed by atoms with E-state index >= 15 is 0 Å². The van der Waals surface area contributed by atoms with E-state index in [-0.39, 0.29) is 5.91 Å². The lowest BCUT2D eigenvalue weighted by Gasteiger charge is -2.34. The Labute approximate surface area is 191 Å². The number of furan rings is 1. The molecule has 1 fully saturated rings. The molecule has 0 unspecified atom stereocenters. The number of imidazole rings is 1. The Bertz CT molecular complexity index is 1240. The van der Waals surface area contributed by atoms with Crippen LogP contribution in [0.4, 0.5) is 0 Å². The zero-order valence-corrected chi connectivity index (χ0v) is 18.3. The lowest BCUT2D eigenvalue weighted by molar-refractivity contribution is -0.127. The molecule has 3 aromatic heterocycles. The number of nitrogens with zero attached hydrogens (tertiary/aromatic N) is 4. The van der Waals surface area contributed by atoms with Crippen molar-refractivity contribution >= 4 is 29.2 Å². The van der Waals surface area contributed by atoms with Gasteiger partial charge in [0.1, 0.15) is 11.4 Å². The number of aromatic nitrogens is 2. The summed E-state index contributed by atoms with van der Waals surface area (Å²) in [6, 6.07) is 17.5. The number of halogens is 1. The molecule has 4 aromatic rings. The normalized spacial score (nSPS) is 15.1. The van der Waals surface area contributed by atoms with Gasteiger partial charge in [-0.15, -0.1) is 0 Å². The number of benzene rings is 1. The quantitative estimate of drug-likeness (QED) is 0.420. The SMILES string of the molecule is O=C(/C=C/c1ccco1)N1CCN(Cc2c(-c3ccc(Cl)cc3)nc3ccccn23)CC1. The van der Waals surface area contributed by atoms with E-state index in [0.29, 0.717) is 23.9 Å². The molecule has 1 amide bonds. The predicted molar refractivity (Wildman–Crippen MR) is 125 cm³/mol. The first-order valence-electron chi connectivity index (χ1n) is 10.6. The third kappa shape index (κ3) is 4.33. The number of rotatable bonds is 5. The Kier molecular flexibility index (Phi) is 5.79. The number of amides is 1. The van der Waals surface area contributed by atoms with Crippen LogP contribution >= 0.6 is 11.6 Å². The van der Waals surface area contributed by atoms with E-state index in [1.165, 1.54) is 0 Å². The van der Waals surface area contributed by atoms with E-state index < -0.39 is 0 Å². The molecule has 0 radical (unpaired) electrons. The fourth-order valence-corrected chi connectivity index (χ4v) is 4.15. The number of carbonyl (C=O) groups is 1. The van der Waals surface area contributed by atoms with Crippen molar-refractivity contribution in [2.75, 3.05) is 26.2 Å². The largest absolute Gasteiger partial charge is 0.465 e. The number of carbonyl (C=O) groups excluding carboxylic acids is 1. The molecule has 0 atom stereocenters. The number of piperazine rings is 1. The van der Waals surface area contributed by atoms with Crippen LogP contribution in [0.15, 0.2) is 77.6 Å². The molecule has 1 saturated heterocycles. The molecular weight excluding hydrogens is 424 g/mol. The van der Waals surface area contributed by atoms with E-state index in [4.69, 9.17) is 21.0 Å². The van der Waals surface area contributed by atoms with Gasteiger partial charge in [-0.2, -0.15) is 0 Å². The number of fused-ring (bicyclic) bond motifs is 1. The topological polar surface area (TPSA) is 54.0 Å². The molecule has 0 spiro atoms. The second-order valence-corrected chi connectivity index (χ2v) is 8.23. The van der Waals surface area contributed by atoms with Gasteiger partial charge in [0, 0.05) is 55.6 Å². The molecule has 4 heterocycles. The van der Waals surface area contributed by atoms with Crippen LogP contribution in [0.3, 0.4) is 0 Å². The summed E-state index contributed by atoms with van der Waals surface area (Å²) in [5.74, 6) is 0.692. The van der Waals surface area contributed by atoms with Crippen molar-refractivity contribution in [2.45, 2.75) is 6.54 Å². The highest BCUT2D eigenvalue weighted by Gasteiger charge is 2.22. The van der Waals surface area contributed by atoms with Gasteiger partial charge in [-0.3, -0.25) is 9.69 Å². The van der Waals surface area contributed by atoms with Crippen LogP contribution in [0.1, 0.15) is 11.5 Å². The van der Waals surface area contributed by atoms with Crippen LogP contribution in [0.5, 0.6) is 0 Å². The predicted octanol–water partition coefficient (Wildman–Crippen LogP) is 4.61. The van der Waals surface area contributed by atoms with Gasteiger partial charge in [0.25, 0.3) is 0 Å². The van der Waals surface area contributed by atoms with Gasteiger partial charge in [-0.25, -0.2) is 4.98 Å². The second-order valence-electron chi connectivity index (χ2n) is 7.79. The van der Waals surface area contributed by atoms with Crippen molar-refractivity contribution in [3.05, 3.63) is 89.6 Å². The van der Waals surface area contributed by atoms with Crippen molar-refractivity contribution in [2.24, 2.45) is 0 Å². The maximum absolute atomic E-state index is 12.5. The monoisotopic (exact) mass is 446 g/mol. The van der Waals surface area contributed by atoms with Gasteiger partial charge in [0.15, 0.2) is 0 Å². The fourth-order valence-electron chi connectivity index (χ4n) is 4.02. The highest BCUT2D eigenvalue weighted by atomic mass is 35.5. The van der Waals surface area contributed by atoms with Gasteiger partial charge >= 0.3 is 0 Å². The van der Waals surface area contributed by atoms with E-state index in [0.717, 1.165) is 42.2 Å². The lowest BCUT2D eigenvalue weighted by Crippen LogP contribution is -2.47. The standard InChI is InChI=1S/C25H23ClN4O2/c26-20-8-6-19(7-9-20)25-22(30-12-2-1-5-23(30)27-25)18-28-13-15-29(16-14-28)24(31)11-10-21-4-3-17-32-21/h1-12,17H,13-16,18H2/b11-10+. The van der Waals surface area contributed by atoms with Gasteiger partial charge in [0.05, 0.1) is 17.7 Å². The highest BCUT2D eigenvalue weighted by molar-refractivity contribution is 6.30. The molecule has 0 bridgehead atoms. The van der Waals surface area contributed by atoms with E-state index in [9.17, 15) is 4.79 Å². The zero-order chi connectivity index (χ0) is 21.9. The Balaban J connectivity index is 1.31. The third-order valence-electron chi connectivity index (χ3n) is 5.74. The first kappa shape index (κ1) is 20.5. The Hall–Kier alpha value is -3.35. The van der Waals surface area contributed by atoms with Crippen molar-refractivity contribution in [3.8, 4) is 11.3 Å². The summed E-state index contributed by atoms with van der Waals surface area (Å²) in [5, 5.41) is 0.709. The average molecular weight is 447 g/mol. The van der Waals surface area contributed by atoms with Crippen molar-refractivity contribution in [1.82, 2.24) is 19.2 Å². The molecule has 5 rings (SSSR count). The summed E-state index contributed by atoms with van der Waals surface area (Å²) < 4.78 is 7.40. The molecule has 1 aliphatic heterocycles. The first-order chi connectivity index (χ1) is 15.7. The molecule has 0 N–H and O–H groups in total. The van der Waals surface area contributed by atoms with Gasteiger partial charge in [0.2, 0.25) is 5.91 Å². The molecular formula is C25H23ClN4O2. The molecule has 0 aliphatic carbocycles. The lowest BCUT2D eigenvalue weighted by atomic mass is 10.1. The Morgan fingerprint density at radius 1 is 1.03 bits per heavy atom. The minimum absolute atomic E-state index is 0.0118. The summed E-state index contributed by atoms with van der Waals surface area (Å²) in [5.41, 5.74) is 4.07. The van der Waals surface area contributed by atoms with Gasteiger partial charge < -0.3 is 13.7 Å². The molecule has 7 heteroatoms. The minimum atomic E-state index is 0.0118. The van der Waals surface area contributed by atoms with E-state index in [1.54, 1.807) is 24.5 Å². The number of hydrogen-bond donors (Lipinski definition) is 0. The number of pyridine rings is 1. The fraction of sp³-hybridized carbons (Fsp3) is 0.200. The van der Waals surface area contributed by atoms with Crippen LogP contribution in [-0.2, 0) is 11.3 Å². The summed E-state index contributed by atoms with van der Waals surface area (Å²) in [6.07, 6.45) is 6.95. The molecule has 1 aliphatic rings. The zero-order valence-electron chi connectivity index (χ0n) is 17.5. The van der Waals surface area contributed by atoms with Crippen LogP contribution < -0.4 is 0 Å². The molecule has 1 aromatic carbocycles. The summed E-state index contributed by atoms with van der Waals surface area (Å²) in [4.78, 5) is 21.6. The third-order valence-corrected chi connectivity index (χ3v) is 5.99. The van der Waals surface area contributed by atoms with Crippen molar-refractivity contribution < 1.29 is 9.21 Å². The molecule has 162 valence electrons. The molecule has 6 nitrogen and oxygen atoms in total. The first-order valence-corrected chi connectivity index (χ1v) is 11.0. The molecule has 0 saturated carbocycles. The van der Waals surface area contributed by atoms with Crippen LogP contribution in [-0.4, -0.2) is 51.3 Å². The highest BCUT2D eigenvalue weighted by Crippen LogP contribution is 2.27.